The average molecular weight is 368 g/mol. The minimum absolute atomic E-state index is 0.0841. The molecule has 5 heteroatoms. The molecule has 2 aromatic heterocycles. The van der Waals surface area contributed by atoms with Gasteiger partial charge in [0.05, 0.1) is 17.0 Å². The Morgan fingerprint density at radius 1 is 0.964 bits per heavy atom. The monoisotopic (exact) mass is 368 g/mol. The molecule has 2 aromatic carbocycles. The summed E-state index contributed by atoms with van der Waals surface area (Å²) < 4.78 is 5.94. The molecule has 5 rings (SSSR count). The molecule has 1 unspecified atom stereocenters. The van der Waals surface area contributed by atoms with E-state index in [9.17, 15) is 9.59 Å². The molecule has 4 aromatic rings. The first-order valence-corrected chi connectivity index (χ1v) is 9.02. The summed E-state index contributed by atoms with van der Waals surface area (Å²) in [5.41, 5.74) is 2.39. The Bertz CT molecular complexity index is 1260. The number of amides is 1. The van der Waals surface area contributed by atoms with Crippen molar-refractivity contribution in [3.63, 3.8) is 0 Å². The number of rotatable bonds is 2. The van der Waals surface area contributed by atoms with E-state index in [0.29, 0.717) is 22.4 Å². The van der Waals surface area contributed by atoms with E-state index in [2.05, 4.69) is 4.98 Å². The van der Waals surface area contributed by atoms with E-state index in [0.717, 1.165) is 11.1 Å². The minimum Gasteiger partial charge on any atom is -0.450 e. The number of carbonyl (C=O) groups is 1. The van der Waals surface area contributed by atoms with E-state index in [1.807, 2.05) is 49.4 Å². The Labute approximate surface area is 160 Å². The standard InChI is InChI=1S/C23H16N2O3/c1-14-10-11-17-16(13-14)21(26)19-20(15-7-3-2-4-8-15)25(23(27)22(19)28-17)18-9-5-6-12-24-18/h2-13,20H,1H3. The van der Waals surface area contributed by atoms with E-state index >= 15 is 0 Å². The first-order valence-electron chi connectivity index (χ1n) is 9.02. The number of nitrogens with zero attached hydrogens (tertiary/aromatic N) is 2. The van der Waals surface area contributed by atoms with Gasteiger partial charge in [0.25, 0.3) is 5.91 Å². The van der Waals surface area contributed by atoms with Gasteiger partial charge in [0, 0.05) is 6.20 Å². The SMILES string of the molecule is Cc1ccc2oc3c(c(=O)c2c1)C(c1ccccc1)N(c1ccccn1)C3=O. The Morgan fingerprint density at radius 3 is 2.50 bits per heavy atom. The maximum atomic E-state index is 13.4. The van der Waals surface area contributed by atoms with Gasteiger partial charge in [-0.3, -0.25) is 14.5 Å². The van der Waals surface area contributed by atoms with Crippen molar-refractivity contribution in [3.05, 3.63) is 106 Å². The van der Waals surface area contributed by atoms with E-state index in [1.54, 1.807) is 30.5 Å². The fourth-order valence-corrected chi connectivity index (χ4v) is 3.77. The van der Waals surface area contributed by atoms with Crippen molar-refractivity contribution in [1.29, 1.82) is 0 Å². The van der Waals surface area contributed by atoms with Gasteiger partial charge in [-0.15, -0.1) is 0 Å². The second kappa shape index (κ2) is 6.16. The third kappa shape index (κ3) is 2.36. The molecular weight excluding hydrogens is 352 g/mol. The van der Waals surface area contributed by atoms with Gasteiger partial charge in [-0.25, -0.2) is 4.98 Å². The number of benzene rings is 2. The Balaban J connectivity index is 1.84. The molecule has 0 bridgehead atoms. The van der Waals surface area contributed by atoms with Gasteiger partial charge >= 0.3 is 0 Å². The van der Waals surface area contributed by atoms with Crippen LogP contribution in [0.4, 0.5) is 5.82 Å². The zero-order valence-electron chi connectivity index (χ0n) is 15.1. The van der Waals surface area contributed by atoms with Crippen molar-refractivity contribution in [1.82, 2.24) is 4.98 Å². The third-order valence-electron chi connectivity index (χ3n) is 5.04. The fraction of sp³-hybridized carbons (Fsp3) is 0.0870. The lowest BCUT2D eigenvalue weighted by molar-refractivity contribution is 0.0970. The smallest absolute Gasteiger partial charge is 0.296 e. The van der Waals surface area contributed by atoms with Gasteiger partial charge in [-0.1, -0.05) is 48.0 Å². The highest BCUT2D eigenvalue weighted by Gasteiger charge is 2.44. The molecule has 3 heterocycles. The van der Waals surface area contributed by atoms with Crippen molar-refractivity contribution < 1.29 is 9.21 Å². The van der Waals surface area contributed by atoms with Gasteiger partial charge < -0.3 is 4.42 Å². The predicted molar refractivity (Wildman–Crippen MR) is 107 cm³/mol. The largest absolute Gasteiger partial charge is 0.450 e. The van der Waals surface area contributed by atoms with Crippen molar-refractivity contribution in [3.8, 4) is 0 Å². The highest BCUT2D eigenvalue weighted by molar-refractivity contribution is 6.10. The Kier molecular flexibility index (Phi) is 3.62. The second-order valence-electron chi connectivity index (χ2n) is 6.85. The maximum Gasteiger partial charge on any atom is 0.296 e. The summed E-state index contributed by atoms with van der Waals surface area (Å²) in [5, 5.41) is 0.482. The van der Waals surface area contributed by atoms with Crippen LogP contribution in [0.5, 0.6) is 0 Å². The van der Waals surface area contributed by atoms with Crippen molar-refractivity contribution >= 4 is 22.7 Å². The van der Waals surface area contributed by atoms with Crippen LogP contribution in [0.25, 0.3) is 11.0 Å². The summed E-state index contributed by atoms with van der Waals surface area (Å²) >= 11 is 0. The fourth-order valence-electron chi connectivity index (χ4n) is 3.77. The first-order chi connectivity index (χ1) is 13.6. The lowest BCUT2D eigenvalue weighted by atomic mass is 9.98. The number of carbonyl (C=O) groups excluding carboxylic acids is 1. The van der Waals surface area contributed by atoms with Crippen LogP contribution in [0.1, 0.15) is 33.3 Å². The van der Waals surface area contributed by atoms with Gasteiger partial charge in [-0.2, -0.15) is 0 Å². The molecule has 5 nitrogen and oxygen atoms in total. The summed E-state index contributed by atoms with van der Waals surface area (Å²) in [6, 6.07) is 19.7. The molecule has 1 amide bonds. The predicted octanol–water partition coefficient (Wildman–Crippen LogP) is 4.25. The van der Waals surface area contributed by atoms with Crippen molar-refractivity contribution in [2.45, 2.75) is 13.0 Å². The molecule has 0 radical (unpaired) electrons. The van der Waals surface area contributed by atoms with Crippen molar-refractivity contribution in [2.75, 3.05) is 4.90 Å². The van der Waals surface area contributed by atoms with Crippen LogP contribution in [0.15, 0.2) is 82.1 Å². The summed E-state index contributed by atoms with van der Waals surface area (Å²) in [6.07, 6.45) is 1.63. The van der Waals surface area contributed by atoms with E-state index in [4.69, 9.17) is 4.42 Å². The van der Waals surface area contributed by atoms with Gasteiger partial charge in [0.15, 0.2) is 5.43 Å². The normalized spacial score (nSPS) is 15.8. The number of fused-ring (bicyclic) bond motifs is 2. The second-order valence-corrected chi connectivity index (χ2v) is 6.85. The molecule has 0 spiro atoms. The molecule has 0 fully saturated rings. The average Bonchev–Trinajstić information content (AvgIpc) is 3.03. The molecule has 1 aliphatic rings. The summed E-state index contributed by atoms with van der Waals surface area (Å²) in [5.74, 6) is 0.204. The highest BCUT2D eigenvalue weighted by Crippen LogP contribution is 2.40. The molecule has 0 saturated carbocycles. The van der Waals surface area contributed by atoms with Crippen LogP contribution in [-0.2, 0) is 0 Å². The van der Waals surface area contributed by atoms with E-state index in [1.165, 1.54) is 4.90 Å². The van der Waals surface area contributed by atoms with E-state index in [-0.39, 0.29) is 17.1 Å². The highest BCUT2D eigenvalue weighted by atomic mass is 16.3. The minimum atomic E-state index is -0.584. The van der Waals surface area contributed by atoms with Crippen LogP contribution in [0, 0.1) is 6.92 Å². The number of hydrogen-bond acceptors (Lipinski definition) is 4. The number of aromatic nitrogens is 1. The quantitative estimate of drug-likeness (QED) is 0.531. The maximum absolute atomic E-state index is 13.4. The van der Waals surface area contributed by atoms with Gasteiger partial charge in [0.1, 0.15) is 11.4 Å². The topological polar surface area (TPSA) is 63.4 Å². The molecule has 0 N–H and O–H groups in total. The lowest BCUT2D eigenvalue weighted by Gasteiger charge is -2.24. The number of hydrogen-bond donors (Lipinski definition) is 0. The molecule has 1 atom stereocenters. The van der Waals surface area contributed by atoms with Crippen LogP contribution in [-0.4, -0.2) is 10.9 Å². The van der Waals surface area contributed by atoms with Crippen LogP contribution < -0.4 is 10.3 Å². The summed E-state index contributed by atoms with van der Waals surface area (Å²) in [4.78, 5) is 32.6. The molecule has 28 heavy (non-hydrogen) atoms. The molecule has 1 aliphatic heterocycles. The zero-order chi connectivity index (χ0) is 19.3. The molecule has 0 saturated heterocycles. The van der Waals surface area contributed by atoms with Crippen LogP contribution in [0.3, 0.4) is 0 Å². The Hall–Kier alpha value is -3.73. The summed E-state index contributed by atoms with van der Waals surface area (Å²) in [7, 11) is 0. The molecule has 136 valence electrons. The number of pyridine rings is 1. The van der Waals surface area contributed by atoms with Gasteiger partial charge in [0.2, 0.25) is 5.76 Å². The van der Waals surface area contributed by atoms with Crippen LogP contribution in [0.2, 0.25) is 0 Å². The number of anilines is 1. The Morgan fingerprint density at radius 2 is 1.75 bits per heavy atom. The van der Waals surface area contributed by atoms with Gasteiger partial charge in [-0.05, 0) is 36.8 Å². The van der Waals surface area contributed by atoms with Crippen molar-refractivity contribution in [2.24, 2.45) is 0 Å². The first kappa shape index (κ1) is 16.4. The third-order valence-corrected chi connectivity index (χ3v) is 5.04. The zero-order valence-corrected chi connectivity index (χ0v) is 15.1. The molecular formula is C23H16N2O3. The van der Waals surface area contributed by atoms with Crippen LogP contribution >= 0.6 is 0 Å². The molecule has 0 aliphatic carbocycles. The van der Waals surface area contributed by atoms with E-state index < -0.39 is 6.04 Å². The number of aryl methyl sites for hydroxylation is 1. The lowest BCUT2D eigenvalue weighted by Crippen LogP contribution is -2.30. The summed E-state index contributed by atoms with van der Waals surface area (Å²) in [6.45, 7) is 1.92.